The fraction of sp³-hybridized carbons (Fsp3) is 0.467. The van der Waals surface area contributed by atoms with Crippen LogP contribution in [0.4, 0.5) is 0 Å². The van der Waals surface area contributed by atoms with Gasteiger partial charge in [0.15, 0.2) is 11.7 Å². The molecular formula is C30H43N7O3. The van der Waals surface area contributed by atoms with E-state index in [-0.39, 0.29) is 30.1 Å². The Kier molecular flexibility index (Phi) is 12.6. The number of carbonyl (C=O) groups is 3. The summed E-state index contributed by atoms with van der Waals surface area (Å²) in [6.07, 6.45) is 4.92. The highest BCUT2D eigenvalue weighted by atomic mass is 16.2. The van der Waals surface area contributed by atoms with Crippen LogP contribution in [-0.2, 0) is 9.59 Å². The van der Waals surface area contributed by atoms with Crippen molar-refractivity contribution in [3.63, 3.8) is 0 Å². The molecule has 0 spiro atoms. The standard InChI is InChI=1S/C30H43N7O3/c31-17-5-4-11-25(28(39)34-18-6-7-19-35-30(32)33)36-29(40)26-12-8-20-37(26)21-27(38)24-15-13-23(14-16-24)22-9-2-1-3-10-22/h1-3,9-10,13-16,25-26H,4-8,11-12,17-21,31H2,(H,34,39)(H,36,40)(H4,32,33,35)/t25-,26-/m0/s1. The number of nitrogens with one attached hydrogen (secondary N) is 2. The van der Waals surface area contributed by atoms with Crippen LogP contribution in [0, 0.1) is 0 Å². The number of ketones is 1. The number of rotatable bonds is 16. The fourth-order valence-electron chi connectivity index (χ4n) is 4.88. The van der Waals surface area contributed by atoms with E-state index in [2.05, 4.69) is 15.6 Å². The van der Waals surface area contributed by atoms with Gasteiger partial charge in [-0.3, -0.25) is 24.3 Å². The van der Waals surface area contributed by atoms with Crippen molar-refractivity contribution in [3.05, 3.63) is 60.2 Å². The summed E-state index contributed by atoms with van der Waals surface area (Å²) in [5.74, 6) is -0.413. The maximum Gasteiger partial charge on any atom is 0.242 e. The molecule has 10 nitrogen and oxygen atoms in total. The summed E-state index contributed by atoms with van der Waals surface area (Å²) in [6.45, 7) is 2.31. The number of Topliss-reactive ketones (excluding diaryl/α,β-unsaturated/α-hetero) is 1. The van der Waals surface area contributed by atoms with E-state index >= 15 is 0 Å². The van der Waals surface area contributed by atoms with E-state index in [9.17, 15) is 14.4 Å². The van der Waals surface area contributed by atoms with E-state index < -0.39 is 12.1 Å². The molecule has 2 amide bonds. The lowest BCUT2D eigenvalue weighted by Gasteiger charge is -2.26. The lowest BCUT2D eigenvalue weighted by atomic mass is 10.0. The fourth-order valence-corrected chi connectivity index (χ4v) is 4.88. The molecule has 0 aliphatic carbocycles. The molecule has 40 heavy (non-hydrogen) atoms. The molecule has 0 unspecified atom stereocenters. The number of guanidine groups is 1. The van der Waals surface area contributed by atoms with Gasteiger partial charge in [0.1, 0.15) is 6.04 Å². The number of nitrogens with zero attached hydrogens (tertiary/aromatic N) is 2. The van der Waals surface area contributed by atoms with Crippen molar-refractivity contribution in [3.8, 4) is 11.1 Å². The summed E-state index contributed by atoms with van der Waals surface area (Å²) in [4.78, 5) is 45.1. The number of amides is 2. The molecule has 1 aliphatic heterocycles. The van der Waals surface area contributed by atoms with Crippen LogP contribution in [0.5, 0.6) is 0 Å². The Labute approximate surface area is 236 Å². The zero-order valence-electron chi connectivity index (χ0n) is 23.2. The zero-order chi connectivity index (χ0) is 28.7. The lowest BCUT2D eigenvalue weighted by Crippen LogP contribution is -2.52. The summed E-state index contributed by atoms with van der Waals surface area (Å²) in [6, 6.07) is 16.5. The van der Waals surface area contributed by atoms with Crippen LogP contribution in [-0.4, -0.2) is 73.3 Å². The van der Waals surface area contributed by atoms with Gasteiger partial charge in [-0.25, -0.2) is 0 Å². The predicted molar refractivity (Wildman–Crippen MR) is 159 cm³/mol. The van der Waals surface area contributed by atoms with E-state index in [0.29, 0.717) is 44.6 Å². The molecule has 2 aromatic rings. The smallest absolute Gasteiger partial charge is 0.242 e. The Morgan fingerprint density at radius 3 is 2.38 bits per heavy atom. The Morgan fingerprint density at radius 1 is 0.950 bits per heavy atom. The highest BCUT2D eigenvalue weighted by Gasteiger charge is 2.34. The molecule has 2 atom stereocenters. The van der Waals surface area contributed by atoms with Crippen LogP contribution in [0.25, 0.3) is 11.1 Å². The van der Waals surface area contributed by atoms with Gasteiger partial charge in [-0.05, 0) is 69.2 Å². The monoisotopic (exact) mass is 549 g/mol. The van der Waals surface area contributed by atoms with Crippen LogP contribution in [0.1, 0.15) is 55.3 Å². The second-order valence-corrected chi connectivity index (χ2v) is 10.1. The first-order valence-corrected chi connectivity index (χ1v) is 14.2. The number of carbonyl (C=O) groups excluding carboxylic acids is 3. The van der Waals surface area contributed by atoms with E-state index in [1.54, 1.807) is 0 Å². The maximum atomic E-state index is 13.3. The summed E-state index contributed by atoms with van der Waals surface area (Å²) < 4.78 is 0. The van der Waals surface area contributed by atoms with E-state index in [1.807, 2.05) is 59.5 Å². The first-order chi connectivity index (χ1) is 19.4. The van der Waals surface area contributed by atoms with Crippen LogP contribution >= 0.6 is 0 Å². The number of unbranched alkanes of at least 4 members (excludes halogenated alkanes) is 2. The van der Waals surface area contributed by atoms with Gasteiger partial charge in [0.05, 0.1) is 12.6 Å². The normalized spacial score (nSPS) is 15.8. The summed E-state index contributed by atoms with van der Waals surface area (Å²) in [5, 5.41) is 5.86. The van der Waals surface area contributed by atoms with Gasteiger partial charge in [-0.2, -0.15) is 0 Å². The van der Waals surface area contributed by atoms with Crippen molar-refractivity contribution in [1.29, 1.82) is 0 Å². The van der Waals surface area contributed by atoms with Crippen molar-refractivity contribution in [2.75, 3.05) is 32.7 Å². The van der Waals surface area contributed by atoms with Crippen LogP contribution in [0.15, 0.2) is 59.6 Å². The molecule has 0 saturated carbocycles. The van der Waals surface area contributed by atoms with Crippen molar-refractivity contribution in [1.82, 2.24) is 15.5 Å². The topological polar surface area (TPSA) is 169 Å². The highest BCUT2D eigenvalue weighted by molar-refractivity contribution is 5.98. The van der Waals surface area contributed by atoms with Gasteiger partial charge < -0.3 is 27.8 Å². The minimum Gasteiger partial charge on any atom is -0.370 e. The number of hydrogen-bond donors (Lipinski definition) is 5. The Morgan fingerprint density at radius 2 is 1.68 bits per heavy atom. The Balaban J connectivity index is 1.54. The minimum atomic E-state index is -0.652. The molecule has 1 heterocycles. The van der Waals surface area contributed by atoms with Crippen LogP contribution in [0.2, 0.25) is 0 Å². The molecule has 1 aliphatic rings. The molecule has 216 valence electrons. The Hall–Kier alpha value is -3.76. The molecule has 0 bridgehead atoms. The SMILES string of the molecule is NCCCC[C@H](NC(=O)[C@@H]1CCCN1CC(=O)c1ccc(-c2ccccc2)cc1)C(=O)NCCCCN=C(N)N. The minimum absolute atomic E-state index is 0.0303. The second kappa shape index (κ2) is 16.4. The molecule has 0 aromatic heterocycles. The predicted octanol–water partition coefficient (Wildman–Crippen LogP) is 1.78. The zero-order valence-corrected chi connectivity index (χ0v) is 23.2. The lowest BCUT2D eigenvalue weighted by molar-refractivity contribution is -0.131. The average Bonchev–Trinajstić information content (AvgIpc) is 3.43. The molecule has 3 rings (SSSR count). The number of benzene rings is 2. The van der Waals surface area contributed by atoms with Crippen LogP contribution < -0.4 is 27.8 Å². The summed E-state index contributed by atoms with van der Waals surface area (Å²) in [7, 11) is 0. The van der Waals surface area contributed by atoms with E-state index in [1.165, 1.54) is 0 Å². The summed E-state index contributed by atoms with van der Waals surface area (Å²) in [5.41, 5.74) is 19.0. The van der Waals surface area contributed by atoms with Gasteiger partial charge in [0.2, 0.25) is 11.8 Å². The third kappa shape index (κ3) is 9.77. The third-order valence-corrected chi connectivity index (χ3v) is 7.09. The quantitative estimate of drug-likeness (QED) is 0.0920. The van der Waals surface area contributed by atoms with Crippen molar-refractivity contribution < 1.29 is 14.4 Å². The van der Waals surface area contributed by atoms with Gasteiger partial charge in [0.25, 0.3) is 0 Å². The number of likely N-dealkylation sites (tertiary alicyclic amines) is 1. The maximum absolute atomic E-state index is 13.3. The summed E-state index contributed by atoms with van der Waals surface area (Å²) >= 11 is 0. The van der Waals surface area contributed by atoms with Gasteiger partial charge >= 0.3 is 0 Å². The van der Waals surface area contributed by atoms with Gasteiger partial charge in [-0.15, -0.1) is 0 Å². The second-order valence-electron chi connectivity index (χ2n) is 10.1. The van der Waals surface area contributed by atoms with E-state index in [4.69, 9.17) is 17.2 Å². The molecule has 2 aromatic carbocycles. The Bertz CT molecular complexity index is 1120. The number of nitrogens with two attached hydrogens (primary N) is 3. The van der Waals surface area contributed by atoms with Crippen molar-refractivity contribution >= 4 is 23.6 Å². The van der Waals surface area contributed by atoms with Crippen molar-refractivity contribution in [2.45, 2.75) is 57.0 Å². The number of hydrogen-bond acceptors (Lipinski definition) is 6. The van der Waals surface area contributed by atoms with Crippen molar-refractivity contribution in [2.24, 2.45) is 22.2 Å². The van der Waals surface area contributed by atoms with Crippen LogP contribution in [0.3, 0.4) is 0 Å². The third-order valence-electron chi connectivity index (χ3n) is 7.09. The largest absolute Gasteiger partial charge is 0.370 e. The first kappa shape index (κ1) is 30.8. The highest BCUT2D eigenvalue weighted by Crippen LogP contribution is 2.21. The molecule has 8 N–H and O–H groups in total. The number of aliphatic imine (C=N–C) groups is 1. The van der Waals surface area contributed by atoms with Gasteiger partial charge in [0, 0.05) is 18.7 Å². The van der Waals surface area contributed by atoms with E-state index in [0.717, 1.165) is 43.2 Å². The molecular weight excluding hydrogens is 506 g/mol. The molecule has 0 radical (unpaired) electrons. The van der Waals surface area contributed by atoms with Gasteiger partial charge in [-0.1, -0.05) is 54.6 Å². The molecule has 1 fully saturated rings. The molecule has 1 saturated heterocycles. The molecule has 10 heteroatoms. The average molecular weight is 550 g/mol. The first-order valence-electron chi connectivity index (χ1n) is 14.2.